The molecular weight excluding hydrogens is 314 g/mol. The van der Waals surface area contributed by atoms with Crippen molar-refractivity contribution >= 4 is 10.2 Å². The van der Waals surface area contributed by atoms with E-state index in [0.29, 0.717) is 6.54 Å². The van der Waals surface area contributed by atoms with Crippen molar-refractivity contribution < 1.29 is 13.2 Å². The van der Waals surface area contributed by atoms with Crippen molar-refractivity contribution in [2.24, 2.45) is 0 Å². The van der Waals surface area contributed by atoms with Crippen molar-refractivity contribution in [1.82, 2.24) is 8.61 Å². The van der Waals surface area contributed by atoms with Crippen molar-refractivity contribution in [2.75, 3.05) is 14.2 Å². The third-order valence-electron chi connectivity index (χ3n) is 4.12. The van der Waals surface area contributed by atoms with Crippen molar-refractivity contribution in [1.29, 1.82) is 5.26 Å². The molecule has 0 spiro atoms. The molecule has 0 bridgehead atoms. The quantitative estimate of drug-likeness (QED) is 0.728. The molecule has 0 heterocycles. The first kappa shape index (κ1) is 17.7. The van der Waals surface area contributed by atoms with Crippen LogP contribution in [0.2, 0.25) is 0 Å². The summed E-state index contributed by atoms with van der Waals surface area (Å²) in [5, 5.41) is 8.80. The predicted octanol–water partition coefficient (Wildman–Crippen LogP) is 2.14. The summed E-state index contributed by atoms with van der Waals surface area (Å²) in [4.78, 5) is 0. The molecule has 0 unspecified atom stereocenters. The second-order valence-electron chi connectivity index (χ2n) is 5.86. The van der Waals surface area contributed by atoms with Crippen molar-refractivity contribution in [2.45, 2.75) is 44.8 Å². The fourth-order valence-corrected chi connectivity index (χ4v) is 4.09. The van der Waals surface area contributed by atoms with Crippen LogP contribution in [-0.4, -0.2) is 43.3 Å². The van der Waals surface area contributed by atoms with Crippen LogP contribution >= 0.6 is 0 Å². The largest absolute Gasteiger partial charge is 0.497 e. The van der Waals surface area contributed by atoms with Gasteiger partial charge in [0.2, 0.25) is 0 Å². The lowest BCUT2D eigenvalue weighted by molar-refractivity contribution is 0.318. The third-order valence-corrected chi connectivity index (χ3v) is 6.23. The number of ether oxygens (including phenoxy) is 1. The van der Waals surface area contributed by atoms with Gasteiger partial charge in [0.1, 0.15) is 5.75 Å². The molecule has 0 aromatic heterocycles. The predicted molar refractivity (Wildman–Crippen MR) is 87.9 cm³/mol. The number of hydrogen-bond donors (Lipinski definition) is 0. The molecule has 1 fully saturated rings. The van der Waals surface area contributed by atoms with Crippen LogP contribution in [-0.2, 0) is 16.8 Å². The zero-order valence-electron chi connectivity index (χ0n) is 13.8. The molecule has 23 heavy (non-hydrogen) atoms. The van der Waals surface area contributed by atoms with Crippen molar-refractivity contribution in [3.63, 3.8) is 0 Å². The highest BCUT2D eigenvalue weighted by molar-refractivity contribution is 7.86. The second-order valence-corrected chi connectivity index (χ2v) is 7.80. The summed E-state index contributed by atoms with van der Waals surface area (Å²) >= 11 is 0. The monoisotopic (exact) mass is 337 g/mol. The molecule has 1 aromatic rings. The standard InChI is InChI=1S/C16H23N3O3S/c1-13(10-11-17)18(2)23(20,21)19(15-6-7-15)12-14-4-8-16(22-3)9-5-14/h4-5,8-9,13,15H,6-7,10,12H2,1-3H3/t13-/m0/s1. The average Bonchev–Trinajstić information content (AvgIpc) is 3.37. The van der Waals surface area contributed by atoms with Crippen LogP contribution in [0.3, 0.4) is 0 Å². The van der Waals surface area contributed by atoms with Gasteiger partial charge in [-0.3, -0.25) is 0 Å². The SMILES string of the molecule is COc1ccc(CN(C2CC2)S(=O)(=O)N(C)[C@@H](C)CC#N)cc1. The summed E-state index contributed by atoms with van der Waals surface area (Å²) in [6.45, 7) is 2.08. The van der Waals surface area contributed by atoms with Gasteiger partial charge < -0.3 is 4.74 Å². The van der Waals surface area contributed by atoms with E-state index < -0.39 is 10.2 Å². The minimum Gasteiger partial charge on any atom is -0.497 e. The third kappa shape index (κ3) is 4.22. The first-order valence-corrected chi connectivity index (χ1v) is 9.04. The van der Waals surface area contributed by atoms with E-state index in [1.165, 1.54) is 4.31 Å². The number of hydrogen-bond acceptors (Lipinski definition) is 4. The molecule has 2 rings (SSSR count). The lowest BCUT2D eigenvalue weighted by Gasteiger charge is -2.30. The number of benzene rings is 1. The smallest absolute Gasteiger partial charge is 0.282 e. The number of nitriles is 1. The Labute approximate surface area is 138 Å². The average molecular weight is 337 g/mol. The molecule has 1 atom stereocenters. The van der Waals surface area contributed by atoms with Gasteiger partial charge in [-0.1, -0.05) is 12.1 Å². The number of nitrogens with zero attached hydrogens (tertiary/aromatic N) is 3. The number of methoxy groups -OCH3 is 1. The molecule has 0 amide bonds. The molecule has 126 valence electrons. The molecule has 7 heteroatoms. The first-order valence-electron chi connectivity index (χ1n) is 7.64. The molecule has 6 nitrogen and oxygen atoms in total. The van der Waals surface area contributed by atoms with Crippen LogP contribution in [0.5, 0.6) is 5.75 Å². The zero-order valence-corrected chi connectivity index (χ0v) is 14.6. The molecule has 1 aliphatic carbocycles. The van der Waals surface area contributed by atoms with Gasteiger partial charge in [-0.05, 0) is 37.5 Å². The van der Waals surface area contributed by atoms with Crippen LogP contribution in [0.15, 0.2) is 24.3 Å². The van der Waals surface area contributed by atoms with E-state index in [1.807, 2.05) is 30.3 Å². The Bertz CT molecular complexity index is 663. The molecule has 0 saturated heterocycles. The molecule has 1 saturated carbocycles. The Morgan fingerprint density at radius 1 is 1.35 bits per heavy atom. The summed E-state index contributed by atoms with van der Waals surface area (Å²) in [7, 11) is -0.448. The Balaban J connectivity index is 2.18. The van der Waals surface area contributed by atoms with Gasteiger partial charge >= 0.3 is 0 Å². The zero-order chi connectivity index (χ0) is 17.0. The van der Waals surface area contributed by atoms with Gasteiger partial charge in [0.05, 0.1) is 19.6 Å². The van der Waals surface area contributed by atoms with Gasteiger partial charge in [0, 0.05) is 25.7 Å². The van der Waals surface area contributed by atoms with Gasteiger partial charge in [-0.25, -0.2) is 0 Å². The van der Waals surface area contributed by atoms with Gasteiger partial charge in [-0.15, -0.1) is 0 Å². The Hall–Kier alpha value is -1.62. The fourth-order valence-electron chi connectivity index (χ4n) is 2.33. The highest BCUT2D eigenvalue weighted by Gasteiger charge is 2.40. The highest BCUT2D eigenvalue weighted by atomic mass is 32.2. The first-order chi connectivity index (χ1) is 10.9. The topological polar surface area (TPSA) is 73.6 Å². The van der Waals surface area contributed by atoms with Gasteiger partial charge in [0.15, 0.2) is 0 Å². The summed E-state index contributed by atoms with van der Waals surface area (Å²) in [6.07, 6.45) is 1.95. The molecule has 0 N–H and O–H groups in total. The Morgan fingerprint density at radius 2 is 1.96 bits per heavy atom. The maximum absolute atomic E-state index is 12.9. The minimum absolute atomic E-state index is 0.0545. The van der Waals surface area contributed by atoms with Crippen LogP contribution in [0.4, 0.5) is 0 Å². The van der Waals surface area contributed by atoms with Crippen molar-refractivity contribution in [3.8, 4) is 11.8 Å². The molecule has 0 aliphatic heterocycles. The maximum atomic E-state index is 12.9. The van der Waals surface area contributed by atoms with Crippen LogP contribution in [0.1, 0.15) is 31.7 Å². The molecular formula is C16H23N3O3S. The Morgan fingerprint density at radius 3 is 2.43 bits per heavy atom. The van der Waals surface area contributed by atoms with Crippen LogP contribution in [0.25, 0.3) is 0 Å². The minimum atomic E-state index is -3.59. The second kappa shape index (κ2) is 7.30. The maximum Gasteiger partial charge on any atom is 0.282 e. The lowest BCUT2D eigenvalue weighted by atomic mass is 10.2. The van der Waals surface area contributed by atoms with Crippen molar-refractivity contribution in [3.05, 3.63) is 29.8 Å². The van der Waals surface area contributed by atoms with Crippen LogP contribution in [0, 0.1) is 11.3 Å². The van der Waals surface area contributed by atoms with E-state index in [0.717, 1.165) is 24.2 Å². The summed E-state index contributed by atoms with van der Waals surface area (Å²) in [6, 6.07) is 9.15. The fraction of sp³-hybridized carbons (Fsp3) is 0.562. The highest BCUT2D eigenvalue weighted by Crippen LogP contribution is 2.32. The van der Waals surface area contributed by atoms with E-state index in [4.69, 9.17) is 10.00 Å². The van der Waals surface area contributed by atoms with E-state index in [9.17, 15) is 8.42 Å². The van der Waals surface area contributed by atoms with Gasteiger partial charge in [-0.2, -0.15) is 22.3 Å². The van der Waals surface area contributed by atoms with E-state index in [-0.39, 0.29) is 18.5 Å². The summed E-state index contributed by atoms with van der Waals surface area (Å²) in [5.41, 5.74) is 0.919. The molecule has 0 radical (unpaired) electrons. The van der Waals surface area contributed by atoms with Crippen LogP contribution < -0.4 is 4.74 Å². The lowest BCUT2D eigenvalue weighted by Crippen LogP contribution is -2.46. The Kier molecular flexibility index (Phi) is 5.63. The van der Waals surface area contributed by atoms with E-state index >= 15 is 0 Å². The summed E-state index contributed by atoms with van der Waals surface area (Å²) < 4.78 is 33.7. The number of rotatable bonds is 8. The van der Waals surface area contributed by atoms with E-state index in [1.54, 1.807) is 25.4 Å². The summed E-state index contributed by atoms with van der Waals surface area (Å²) in [5.74, 6) is 0.745. The van der Waals surface area contributed by atoms with Gasteiger partial charge in [0.25, 0.3) is 10.2 Å². The van der Waals surface area contributed by atoms with E-state index in [2.05, 4.69) is 0 Å². The molecule has 1 aromatic carbocycles. The normalized spacial score (nSPS) is 16.3. The molecule has 1 aliphatic rings.